The molecule has 3 N–H and O–H groups in total. The molecule has 0 bridgehead atoms. The minimum atomic E-state index is -0.788. The average Bonchev–Trinajstić information content (AvgIpc) is 3.08. The molecule has 3 rings (SSSR count). The van der Waals surface area contributed by atoms with Crippen LogP contribution in [0, 0.1) is 0 Å². The SMILES string of the molecule is CSc1ccc(-c2ccc(N)n2CCOc2ccc(CCC(=O)O)cc2)cc1. The number of hydrogen-bond donors (Lipinski definition) is 2. The summed E-state index contributed by atoms with van der Waals surface area (Å²) >= 11 is 1.72. The first kappa shape index (κ1) is 19.9. The van der Waals surface area contributed by atoms with Crippen molar-refractivity contribution < 1.29 is 14.6 Å². The van der Waals surface area contributed by atoms with Crippen molar-refractivity contribution in [2.24, 2.45) is 0 Å². The van der Waals surface area contributed by atoms with Crippen LogP contribution in [0.1, 0.15) is 12.0 Å². The number of aliphatic carboxylic acids is 1. The summed E-state index contributed by atoms with van der Waals surface area (Å²) in [5.74, 6) is 0.677. The highest BCUT2D eigenvalue weighted by Gasteiger charge is 2.08. The number of nitrogens with zero attached hydrogens (tertiary/aromatic N) is 1. The first-order valence-electron chi connectivity index (χ1n) is 9.10. The Morgan fingerprint density at radius 3 is 2.43 bits per heavy atom. The van der Waals surface area contributed by atoms with Gasteiger partial charge in [-0.3, -0.25) is 4.79 Å². The lowest BCUT2D eigenvalue weighted by Crippen LogP contribution is -2.11. The Kier molecular flexibility index (Phi) is 6.66. The molecule has 0 fully saturated rings. The Balaban J connectivity index is 1.60. The molecule has 0 amide bonds. The van der Waals surface area contributed by atoms with Crippen molar-refractivity contribution in [3.63, 3.8) is 0 Å². The molecule has 2 aromatic carbocycles. The zero-order chi connectivity index (χ0) is 19.9. The fraction of sp³-hybridized carbons (Fsp3) is 0.227. The second kappa shape index (κ2) is 9.37. The largest absolute Gasteiger partial charge is 0.492 e. The van der Waals surface area contributed by atoms with Crippen LogP contribution < -0.4 is 10.5 Å². The van der Waals surface area contributed by atoms with Crippen LogP contribution in [0.3, 0.4) is 0 Å². The van der Waals surface area contributed by atoms with Crippen LogP contribution in [0.4, 0.5) is 5.82 Å². The van der Waals surface area contributed by atoms with E-state index in [0.717, 1.165) is 22.6 Å². The van der Waals surface area contributed by atoms with Crippen molar-refractivity contribution in [3.05, 3.63) is 66.2 Å². The number of thioether (sulfide) groups is 1. The van der Waals surface area contributed by atoms with E-state index >= 15 is 0 Å². The van der Waals surface area contributed by atoms with E-state index in [0.29, 0.717) is 25.4 Å². The standard InChI is InChI=1S/C22H24N2O3S/c1-28-19-9-5-17(6-10-19)20-11-12-21(23)24(20)14-15-27-18-7-2-16(3-8-18)4-13-22(25)26/h2-3,5-12H,4,13-15,23H2,1H3,(H,25,26). The van der Waals surface area contributed by atoms with Gasteiger partial charge in [0.2, 0.25) is 0 Å². The number of ether oxygens (including phenoxy) is 1. The van der Waals surface area contributed by atoms with Crippen molar-refractivity contribution in [3.8, 4) is 17.0 Å². The van der Waals surface area contributed by atoms with E-state index in [1.807, 2.05) is 36.4 Å². The Bertz CT molecular complexity index is 918. The number of benzene rings is 2. The molecule has 0 saturated heterocycles. The first-order valence-corrected chi connectivity index (χ1v) is 10.3. The lowest BCUT2D eigenvalue weighted by Gasteiger charge is -2.13. The summed E-state index contributed by atoms with van der Waals surface area (Å²) in [5, 5.41) is 8.75. The van der Waals surface area contributed by atoms with Gasteiger partial charge < -0.3 is 20.1 Å². The maximum Gasteiger partial charge on any atom is 0.303 e. The number of carboxylic acid groups (broad SMARTS) is 1. The minimum Gasteiger partial charge on any atom is -0.492 e. The van der Waals surface area contributed by atoms with Gasteiger partial charge >= 0.3 is 5.97 Å². The van der Waals surface area contributed by atoms with Crippen molar-refractivity contribution >= 4 is 23.5 Å². The Labute approximate surface area is 169 Å². The molecule has 146 valence electrons. The molecule has 6 heteroatoms. The third-order valence-electron chi connectivity index (χ3n) is 4.53. The molecular weight excluding hydrogens is 372 g/mol. The molecule has 0 aliphatic heterocycles. The molecule has 0 unspecified atom stereocenters. The predicted molar refractivity (Wildman–Crippen MR) is 114 cm³/mol. The minimum absolute atomic E-state index is 0.133. The fourth-order valence-electron chi connectivity index (χ4n) is 3.01. The second-order valence-electron chi connectivity index (χ2n) is 6.41. The molecule has 0 aliphatic carbocycles. The van der Waals surface area contributed by atoms with Gasteiger partial charge in [-0.25, -0.2) is 0 Å². The van der Waals surface area contributed by atoms with Gasteiger partial charge in [0.1, 0.15) is 18.2 Å². The monoisotopic (exact) mass is 396 g/mol. The zero-order valence-corrected chi connectivity index (χ0v) is 16.6. The number of nitrogen functional groups attached to an aromatic ring is 1. The normalized spacial score (nSPS) is 10.8. The van der Waals surface area contributed by atoms with E-state index in [2.05, 4.69) is 35.1 Å². The molecule has 28 heavy (non-hydrogen) atoms. The van der Waals surface area contributed by atoms with Gasteiger partial charge in [-0.2, -0.15) is 0 Å². The van der Waals surface area contributed by atoms with Crippen LogP contribution in [0.15, 0.2) is 65.6 Å². The van der Waals surface area contributed by atoms with E-state index in [1.165, 1.54) is 4.90 Å². The van der Waals surface area contributed by atoms with Gasteiger partial charge in [-0.05, 0) is 60.2 Å². The predicted octanol–water partition coefficient (Wildman–Crippen LogP) is 4.56. The van der Waals surface area contributed by atoms with E-state index in [1.54, 1.807) is 11.8 Å². The molecule has 0 saturated carbocycles. The van der Waals surface area contributed by atoms with Crippen molar-refractivity contribution in [2.45, 2.75) is 24.3 Å². The number of rotatable bonds is 9. The summed E-state index contributed by atoms with van der Waals surface area (Å²) in [4.78, 5) is 11.9. The van der Waals surface area contributed by atoms with E-state index in [4.69, 9.17) is 15.6 Å². The van der Waals surface area contributed by atoms with Crippen molar-refractivity contribution in [1.82, 2.24) is 4.57 Å². The third kappa shape index (κ3) is 5.10. The lowest BCUT2D eigenvalue weighted by atomic mass is 10.1. The quantitative estimate of drug-likeness (QED) is 0.519. The van der Waals surface area contributed by atoms with Crippen LogP contribution in [0.25, 0.3) is 11.3 Å². The zero-order valence-electron chi connectivity index (χ0n) is 15.8. The van der Waals surface area contributed by atoms with Gasteiger partial charge in [0.05, 0.1) is 6.54 Å². The van der Waals surface area contributed by atoms with E-state index < -0.39 is 5.97 Å². The van der Waals surface area contributed by atoms with Gasteiger partial charge in [-0.15, -0.1) is 11.8 Å². The molecular formula is C22H24N2O3S. The molecule has 0 spiro atoms. The maximum atomic E-state index is 10.6. The van der Waals surface area contributed by atoms with Gasteiger partial charge in [0.25, 0.3) is 0 Å². The molecule has 1 aromatic heterocycles. The fourth-order valence-corrected chi connectivity index (χ4v) is 3.41. The molecule has 5 nitrogen and oxygen atoms in total. The number of anilines is 1. The smallest absolute Gasteiger partial charge is 0.303 e. The number of carboxylic acids is 1. The van der Waals surface area contributed by atoms with E-state index in [9.17, 15) is 4.79 Å². The molecule has 0 radical (unpaired) electrons. The van der Waals surface area contributed by atoms with Gasteiger partial charge in [0, 0.05) is 17.0 Å². The number of aryl methyl sites for hydroxylation is 1. The number of carbonyl (C=O) groups is 1. The summed E-state index contributed by atoms with van der Waals surface area (Å²) in [6.45, 7) is 1.13. The lowest BCUT2D eigenvalue weighted by molar-refractivity contribution is -0.136. The summed E-state index contributed by atoms with van der Waals surface area (Å²) in [5.41, 5.74) is 9.32. The first-order chi connectivity index (χ1) is 13.6. The summed E-state index contributed by atoms with van der Waals surface area (Å²) in [7, 11) is 0. The highest BCUT2D eigenvalue weighted by molar-refractivity contribution is 7.98. The van der Waals surface area contributed by atoms with Crippen LogP contribution in [-0.2, 0) is 17.8 Å². The summed E-state index contributed by atoms with van der Waals surface area (Å²) in [6, 6.07) is 19.9. The maximum absolute atomic E-state index is 10.6. The van der Waals surface area contributed by atoms with Crippen molar-refractivity contribution in [2.75, 3.05) is 18.6 Å². The number of nitrogens with two attached hydrogens (primary N) is 1. The Morgan fingerprint density at radius 1 is 1.07 bits per heavy atom. The Hall–Kier alpha value is -2.86. The molecule has 0 atom stereocenters. The number of aromatic nitrogens is 1. The second-order valence-corrected chi connectivity index (χ2v) is 7.29. The van der Waals surface area contributed by atoms with Crippen molar-refractivity contribution in [1.29, 1.82) is 0 Å². The molecule has 3 aromatic rings. The highest BCUT2D eigenvalue weighted by Crippen LogP contribution is 2.26. The average molecular weight is 397 g/mol. The van der Waals surface area contributed by atoms with E-state index in [-0.39, 0.29) is 6.42 Å². The van der Waals surface area contributed by atoms with Crippen LogP contribution in [0.5, 0.6) is 5.75 Å². The molecule has 0 aliphatic rings. The third-order valence-corrected chi connectivity index (χ3v) is 5.28. The highest BCUT2D eigenvalue weighted by atomic mass is 32.2. The van der Waals surface area contributed by atoms with Crippen LogP contribution >= 0.6 is 11.8 Å². The summed E-state index contributed by atoms with van der Waals surface area (Å²) < 4.78 is 7.90. The van der Waals surface area contributed by atoms with Crippen LogP contribution in [-0.4, -0.2) is 28.5 Å². The summed E-state index contributed by atoms with van der Waals surface area (Å²) in [6.07, 6.45) is 2.72. The molecule has 1 heterocycles. The Morgan fingerprint density at radius 2 is 1.79 bits per heavy atom. The van der Waals surface area contributed by atoms with Gasteiger partial charge in [-0.1, -0.05) is 24.3 Å². The van der Waals surface area contributed by atoms with Crippen LogP contribution in [0.2, 0.25) is 0 Å². The van der Waals surface area contributed by atoms with Gasteiger partial charge in [0.15, 0.2) is 0 Å². The topological polar surface area (TPSA) is 77.5 Å². The number of hydrogen-bond acceptors (Lipinski definition) is 4.